The van der Waals surface area contributed by atoms with Crippen molar-refractivity contribution in [1.82, 2.24) is 15.0 Å². The van der Waals surface area contributed by atoms with Crippen molar-refractivity contribution in [3.05, 3.63) is 35.5 Å². The van der Waals surface area contributed by atoms with E-state index >= 15 is 0 Å². The number of aromatic nitrogens is 3. The van der Waals surface area contributed by atoms with E-state index in [-0.39, 0.29) is 16.7 Å². The molecule has 0 saturated heterocycles. The van der Waals surface area contributed by atoms with Crippen molar-refractivity contribution in [2.75, 3.05) is 0 Å². The van der Waals surface area contributed by atoms with Crippen molar-refractivity contribution >= 4 is 5.97 Å². The molecule has 5 nitrogen and oxygen atoms in total. The van der Waals surface area contributed by atoms with Crippen molar-refractivity contribution in [2.24, 2.45) is 5.41 Å². The summed E-state index contributed by atoms with van der Waals surface area (Å²) in [4.78, 5) is 10.7. The van der Waals surface area contributed by atoms with Crippen LogP contribution in [0.25, 0.3) is 11.3 Å². The maximum atomic E-state index is 13.9. The van der Waals surface area contributed by atoms with Gasteiger partial charge in [0.15, 0.2) is 0 Å². The van der Waals surface area contributed by atoms with Crippen LogP contribution >= 0.6 is 0 Å². The van der Waals surface area contributed by atoms with Gasteiger partial charge in [0, 0.05) is 6.54 Å². The van der Waals surface area contributed by atoms with Crippen molar-refractivity contribution in [2.45, 2.75) is 27.3 Å². The molecular weight excluding hydrogens is 280 g/mol. The van der Waals surface area contributed by atoms with Crippen LogP contribution in [0.15, 0.2) is 18.3 Å². The first-order valence-electron chi connectivity index (χ1n) is 6.30. The summed E-state index contributed by atoms with van der Waals surface area (Å²) in [5.74, 6) is -3.35. The van der Waals surface area contributed by atoms with Gasteiger partial charge in [-0.1, -0.05) is 26.0 Å². The van der Waals surface area contributed by atoms with Crippen molar-refractivity contribution in [3.8, 4) is 11.3 Å². The van der Waals surface area contributed by atoms with Crippen LogP contribution in [-0.4, -0.2) is 26.1 Å². The van der Waals surface area contributed by atoms with E-state index in [9.17, 15) is 13.6 Å². The summed E-state index contributed by atoms with van der Waals surface area (Å²) in [6.45, 7) is 6.53. The van der Waals surface area contributed by atoms with Crippen LogP contribution in [0.1, 0.15) is 31.1 Å². The normalized spacial score (nSPS) is 11.7. The fourth-order valence-corrected chi connectivity index (χ4v) is 1.92. The van der Waals surface area contributed by atoms with E-state index in [2.05, 4.69) is 10.3 Å². The molecule has 112 valence electrons. The predicted octanol–water partition coefficient (Wildman–Crippen LogP) is 2.97. The molecule has 0 aliphatic rings. The third-order valence-electron chi connectivity index (χ3n) is 2.72. The Balaban J connectivity index is 2.41. The summed E-state index contributed by atoms with van der Waals surface area (Å²) in [5.41, 5.74) is -0.850. The molecule has 1 aromatic heterocycles. The summed E-state index contributed by atoms with van der Waals surface area (Å²) < 4.78 is 29.3. The molecule has 2 aromatic rings. The molecule has 0 saturated carbocycles. The Bertz CT molecular complexity index is 667. The molecule has 1 heterocycles. The topological polar surface area (TPSA) is 68.0 Å². The molecule has 0 aliphatic carbocycles. The summed E-state index contributed by atoms with van der Waals surface area (Å²) in [6, 6.07) is 1.53. The van der Waals surface area contributed by atoms with E-state index in [0.29, 0.717) is 6.54 Å². The van der Waals surface area contributed by atoms with Crippen LogP contribution in [0, 0.1) is 17.0 Å². The maximum Gasteiger partial charge on any atom is 0.335 e. The Kier molecular flexibility index (Phi) is 3.76. The molecule has 0 bridgehead atoms. The summed E-state index contributed by atoms with van der Waals surface area (Å²) >= 11 is 0. The number of carbonyl (C=O) groups is 1. The molecule has 7 heteroatoms. The van der Waals surface area contributed by atoms with Gasteiger partial charge in [-0.25, -0.2) is 13.6 Å². The summed E-state index contributed by atoms with van der Waals surface area (Å²) in [7, 11) is 0. The Labute approximate surface area is 120 Å². The Morgan fingerprint density at radius 3 is 2.33 bits per heavy atom. The SMILES string of the molecule is CC(C)(C)Cn1cc(-c2c(F)cc(C(=O)O)cc2F)nn1. The van der Waals surface area contributed by atoms with Gasteiger partial charge in [0.05, 0.1) is 17.3 Å². The summed E-state index contributed by atoms with van der Waals surface area (Å²) in [6.07, 6.45) is 1.44. The Morgan fingerprint density at radius 2 is 1.86 bits per heavy atom. The highest BCUT2D eigenvalue weighted by atomic mass is 19.1. The van der Waals surface area contributed by atoms with E-state index in [1.807, 2.05) is 20.8 Å². The van der Waals surface area contributed by atoms with Crippen LogP contribution in [0.3, 0.4) is 0 Å². The number of rotatable bonds is 3. The lowest BCUT2D eigenvalue weighted by Crippen LogP contribution is -2.15. The van der Waals surface area contributed by atoms with Crippen LogP contribution in [0.5, 0.6) is 0 Å². The van der Waals surface area contributed by atoms with E-state index in [1.165, 1.54) is 10.9 Å². The van der Waals surface area contributed by atoms with Crippen molar-refractivity contribution < 1.29 is 18.7 Å². The summed E-state index contributed by atoms with van der Waals surface area (Å²) in [5, 5.41) is 16.3. The molecular formula is C14H15F2N3O2. The number of aromatic carboxylic acids is 1. The highest BCUT2D eigenvalue weighted by Gasteiger charge is 2.20. The lowest BCUT2D eigenvalue weighted by molar-refractivity contribution is 0.0695. The van der Waals surface area contributed by atoms with Gasteiger partial charge in [-0.05, 0) is 17.5 Å². The zero-order chi connectivity index (χ0) is 15.8. The molecule has 0 amide bonds. The third kappa shape index (κ3) is 3.42. The monoisotopic (exact) mass is 295 g/mol. The standard InChI is InChI=1S/C14H15F2N3O2/c1-14(2,3)7-19-6-11(17-18-19)12-9(15)4-8(13(20)21)5-10(12)16/h4-6H,7H2,1-3H3,(H,20,21). The second-order valence-electron chi connectivity index (χ2n) is 5.98. The highest BCUT2D eigenvalue weighted by Crippen LogP contribution is 2.26. The Morgan fingerprint density at radius 1 is 1.29 bits per heavy atom. The molecule has 0 radical (unpaired) electrons. The number of carboxylic acids is 1. The minimum atomic E-state index is -1.39. The lowest BCUT2D eigenvalue weighted by atomic mass is 9.97. The highest BCUT2D eigenvalue weighted by molar-refractivity contribution is 5.88. The minimum absolute atomic E-state index is 0.0335. The average Bonchev–Trinajstić information content (AvgIpc) is 2.73. The van der Waals surface area contributed by atoms with E-state index in [0.717, 1.165) is 12.1 Å². The van der Waals surface area contributed by atoms with Crippen molar-refractivity contribution in [1.29, 1.82) is 0 Å². The van der Waals surface area contributed by atoms with Crippen LogP contribution in [0.4, 0.5) is 8.78 Å². The molecule has 0 spiro atoms. The number of hydrogen-bond acceptors (Lipinski definition) is 3. The second-order valence-corrected chi connectivity index (χ2v) is 5.98. The van der Waals surface area contributed by atoms with Gasteiger partial charge in [-0.2, -0.15) is 0 Å². The fourth-order valence-electron chi connectivity index (χ4n) is 1.92. The number of halogens is 2. The molecule has 1 aromatic carbocycles. The van der Waals surface area contributed by atoms with Gasteiger partial charge < -0.3 is 5.11 Å². The van der Waals surface area contributed by atoms with E-state index < -0.39 is 23.2 Å². The number of carboxylic acid groups (broad SMARTS) is 1. The fraction of sp³-hybridized carbons (Fsp3) is 0.357. The van der Waals surface area contributed by atoms with E-state index in [4.69, 9.17) is 5.11 Å². The van der Waals surface area contributed by atoms with Crippen LogP contribution < -0.4 is 0 Å². The van der Waals surface area contributed by atoms with Gasteiger partial charge in [0.25, 0.3) is 0 Å². The van der Waals surface area contributed by atoms with Crippen LogP contribution in [0.2, 0.25) is 0 Å². The first-order valence-corrected chi connectivity index (χ1v) is 6.30. The number of benzene rings is 1. The van der Waals surface area contributed by atoms with Crippen molar-refractivity contribution in [3.63, 3.8) is 0 Å². The quantitative estimate of drug-likeness (QED) is 0.945. The van der Waals surface area contributed by atoms with Gasteiger partial charge in [0.1, 0.15) is 17.3 Å². The molecule has 1 N–H and O–H groups in total. The molecule has 21 heavy (non-hydrogen) atoms. The zero-order valence-corrected chi connectivity index (χ0v) is 11.9. The van der Waals surface area contributed by atoms with E-state index in [1.54, 1.807) is 0 Å². The zero-order valence-electron chi connectivity index (χ0n) is 11.9. The lowest BCUT2D eigenvalue weighted by Gasteiger charge is -2.16. The molecule has 2 rings (SSSR count). The first kappa shape index (κ1) is 15.1. The smallest absolute Gasteiger partial charge is 0.335 e. The van der Waals surface area contributed by atoms with Gasteiger partial charge >= 0.3 is 5.97 Å². The molecule has 0 aliphatic heterocycles. The minimum Gasteiger partial charge on any atom is -0.478 e. The van der Waals surface area contributed by atoms with Gasteiger partial charge in [-0.15, -0.1) is 5.10 Å². The largest absolute Gasteiger partial charge is 0.478 e. The number of hydrogen-bond donors (Lipinski definition) is 1. The van der Waals surface area contributed by atoms with Crippen LogP contribution in [-0.2, 0) is 6.54 Å². The average molecular weight is 295 g/mol. The third-order valence-corrected chi connectivity index (χ3v) is 2.72. The second kappa shape index (κ2) is 5.23. The molecule has 0 atom stereocenters. The van der Waals surface area contributed by atoms with Gasteiger partial charge in [-0.3, -0.25) is 4.68 Å². The van der Waals surface area contributed by atoms with Gasteiger partial charge in [0.2, 0.25) is 0 Å². The predicted molar refractivity (Wildman–Crippen MR) is 71.8 cm³/mol. The molecule has 0 unspecified atom stereocenters. The number of nitrogens with zero attached hydrogens (tertiary/aromatic N) is 3. The maximum absolute atomic E-state index is 13.9. The Hall–Kier alpha value is -2.31. The molecule has 0 fully saturated rings. The first-order chi connectivity index (χ1) is 9.67.